The van der Waals surface area contributed by atoms with Crippen LogP contribution in [-0.2, 0) is 24.3 Å². The molecule has 1 aromatic heterocycles. The van der Waals surface area contributed by atoms with Gasteiger partial charge in [0.2, 0.25) is 5.91 Å². The molecule has 6 heteroatoms. The average Bonchev–Trinajstić information content (AvgIpc) is 2.94. The zero-order valence-electron chi connectivity index (χ0n) is 21.8. The number of hydrogen-bond acceptors (Lipinski definition) is 4. The Bertz CT molecular complexity index is 1180. The Morgan fingerprint density at radius 3 is 2.57 bits per heavy atom. The molecule has 2 heterocycles. The molecule has 0 saturated heterocycles. The van der Waals surface area contributed by atoms with Crippen LogP contribution in [0.2, 0.25) is 0 Å². The van der Waals surface area contributed by atoms with E-state index >= 15 is 0 Å². The van der Waals surface area contributed by atoms with E-state index in [9.17, 15) is 9.59 Å². The van der Waals surface area contributed by atoms with Crippen molar-refractivity contribution >= 4 is 23.2 Å². The van der Waals surface area contributed by atoms with E-state index in [4.69, 9.17) is 0 Å². The topological polar surface area (TPSA) is 74.3 Å². The number of nitrogens with one attached hydrogen (secondary N) is 2. The summed E-state index contributed by atoms with van der Waals surface area (Å²) in [7, 11) is 0. The lowest BCUT2D eigenvalue weighted by Gasteiger charge is -2.32. The fraction of sp³-hybridized carbons (Fsp3) is 0.387. The molecule has 2 amide bonds. The number of fused-ring (bicyclic) bond motifs is 1. The Hall–Kier alpha value is -3.67. The Balaban J connectivity index is 1.46. The van der Waals surface area contributed by atoms with Crippen LogP contribution in [0.15, 0.2) is 67.0 Å². The lowest BCUT2D eigenvalue weighted by atomic mass is 9.98. The molecule has 1 aliphatic rings. The van der Waals surface area contributed by atoms with Crippen molar-refractivity contribution < 1.29 is 9.59 Å². The molecule has 1 aliphatic heterocycles. The van der Waals surface area contributed by atoms with E-state index in [1.165, 1.54) is 36.8 Å². The zero-order valence-corrected chi connectivity index (χ0v) is 21.8. The minimum absolute atomic E-state index is 0.00291. The van der Waals surface area contributed by atoms with E-state index in [-0.39, 0.29) is 11.8 Å². The highest BCUT2D eigenvalue weighted by atomic mass is 16.2. The number of hydrogen-bond donors (Lipinski definition) is 2. The Kier molecular flexibility index (Phi) is 9.69. The normalized spacial score (nSPS) is 12.6. The maximum absolute atomic E-state index is 13.4. The van der Waals surface area contributed by atoms with Crippen LogP contribution in [0.25, 0.3) is 0 Å². The lowest BCUT2D eigenvalue weighted by molar-refractivity contribution is -0.116. The van der Waals surface area contributed by atoms with Gasteiger partial charge in [-0.25, -0.2) is 0 Å². The Labute approximate surface area is 220 Å². The first-order valence-corrected chi connectivity index (χ1v) is 13.6. The molecule has 194 valence electrons. The molecule has 0 unspecified atom stereocenters. The molecule has 6 nitrogen and oxygen atoms in total. The molecule has 2 N–H and O–H groups in total. The smallest absolute Gasteiger partial charge is 0.253 e. The fourth-order valence-electron chi connectivity index (χ4n) is 4.84. The van der Waals surface area contributed by atoms with Crippen molar-refractivity contribution in [2.75, 3.05) is 16.8 Å². The highest BCUT2D eigenvalue weighted by molar-refractivity contribution is 6.02. The van der Waals surface area contributed by atoms with Gasteiger partial charge in [-0.2, -0.15) is 0 Å². The first-order valence-electron chi connectivity index (χ1n) is 13.6. The third-order valence-corrected chi connectivity index (χ3v) is 6.93. The van der Waals surface area contributed by atoms with Gasteiger partial charge in [0.05, 0.1) is 5.56 Å². The number of unbranched alkanes of at least 4 members (excludes halogenated alkanes) is 5. The number of nitrogens with zero attached hydrogens (tertiary/aromatic N) is 2. The number of pyridine rings is 1. The number of anilines is 2. The van der Waals surface area contributed by atoms with E-state index in [0.29, 0.717) is 24.2 Å². The molecule has 37 heavy (non-hydrogen) atoms. The van der Waals surface area contributed by atoms with E-state index < -0.39 is 0 Å². The summed E-state index contributed by atoms with van der Waals surface area (Å²) in [5.41, 5.74) is 5.69. The lowest BCUT2D eigenvalue weighted by Crippen LogP contribution is -2.33. The molecule has 0 aliphatic carbocycles. The van der Waals surface area contributed by atoms with Crippen LogP contribution in [0, 0.1) is 0 Å². The largest absolute Gasteiger partial charge is 0.366 e. The summed E-state index contributed by atoms with van der Waals surface area (Å²) < 4.78 is 0. The third-order valence-electron chi connectivity index (χ3n) is 6.93. The van der Waals surface area contributed by atoms with Crippen LogP contribution < -0.4 is 15.5 Å². The molecule has 0 fully saturated rings. The molecule has 0 saturated carbocycles. The minimum atomic E-state index is -0.162. The van der Waals surface area contributed by atoms with Gasteiger partial charge in [0.15, 0.2) is 0 Å². The van der Waals surface area contributed by atoms with E-state index in [1.807, 2.05) is 30.3 Å². The van der Waals surface area contributed by atoms with Gasteiger partial charge in [-0.05, 0) is 53.8 Å². The minimum Gasteiger partial charge on any atom is -0.366 e. The monoisotopic (exact) mass is 498 g/mol. The summed E-state index contributed by atoms with van der Waals surface area (Å²) in [6.45, 7) is 4.19. The van der Waals surface area contributed by atoms with Gasteiger partial charge in [0.25, 0.3) is 5.91 Å². The highest BCUT2D eigenvalue weighted by Gasteiger charge is 2.22. The fourth-order valence-corrected chi connectivity index (χ4v) is 4.84. The number of carbonyl (C=O) groups excluding carboxylic acids is 2. The molecular formula is C31H38N4O2. The molecule has 0 atom stereocenters. The maximum atomic E-state index is 13.4. The predicted molar refractivity (Wildman–Crippen MR) is 150 cm³/mol. The second kappa shape index (κ2) is 13.6. The van der Waals surface area contributed by atoms with Crippen molar-refractivity contribution in [3.8, 4) is 0 Å². The Morgan fingerprint density at radius 2 is 1.76 bits per heavy atom. The predicted octanol–water partition coefficient (Wildman–Crippen LogP) is 6.26. The van der Waals surface area contributed by atoms with Gasteiger partial charge in [-0.1, -0.05) is 69.4 Å². The second-order valence-corrected chi connectivity index (χ2v) is 9.78. The summed E-state index contributed by atoms with van der Waals surface area (Å²) in [5.74, 6) is -0.165. The zero-order chi connectivity index (χ0) is 25.9. The molecule has 0 bridgehead atoms. The van der Waals surface area contributed by atoms with Crippen molar-refractivity contribution in [1.29, 1.82) is 0 Å². The van der Waals surface area contributed by atoms with Crippen LogP contribution in [0.1, 0.15) is 78.9 Å². The number of carbonyl (C=O) groups is 2. The number of benzene rings is 2. The first-order chi connectivity index (χ1) is 18.1. The molecule has 4 rings (SSSR count). The van der Waals surface area contributed by atoms with E-state index in [0.717, 1.165) is 43.6 Å². The van der Waals surface area contributed by atoms with Crippen LogP contribution in [-0.4, -0.2) is 23.3 Å². The number of rotatable bonds is 12. The third kappa shape index (κ3) is 7.66. The van der Waals surface area contributed by atoms with Gasteiger partial charge in [-0.3, -0.25) is 14.6 Å². The van der Waals surface area contributed by atoms with Crippen LogP contribution >= 0.6 is 0 Å². The second-order valence-electron chi connectivity index (χ2n) is 9.78. The van der Waals surface area contributed by atoms with Crippen molar-refractivity contribution in [3.63, 3.8) is 0 Å². The van der Waals surface area contributed by atoms with Crippen LogP contribution in [0.4, 0.5) is 11.4 Å². The number of aromatic nitrogens is 1. The van der Waals surface area contributed by atoms with Crippen molar-refractivity contribution in [3.05, 3.63) is 89.2 Å². The molecule has 0 radical (unpaired) electrons. The quantitative estimate of drug-likeness (QED) is 0.289. The molecular weight excluding hydrogens is 460 g/mol. The SMILES string of the molecule is CCCCCCCCC(=O)Nc1ccc(N2CCc3ccccc3C2)c(C(=O)NCc2cccnc2)c1. The van der Waals surface area contributed by atoms with Crippen LogP contribution in [0.5, 0.6) is 0 Å². The van der Waals surface area contributed by atoms with Crippen molar-refractivity contribution in [2.45, 2.75) is 71.4 Å². The molecule has 0 spiro atoms. The summed E-state index contributed by atoms with van der Waals surface area (Å²) in [5, 5.41) is 6.05. The first kappa shape index (κ1) is 26.4. The highest BCUT2D eigenvalue weighted by Crippen LogP contribution is 2.30. The average molecular weight is 499 g/mol. The maximum Gasteiger partial charge on any atom is 0.253 e. The molecule has 3 aromatic rings. The van der Waals surface area contributed by atoms with Gasteiger partial charge in [-0.15, -0.1) is 0 Å². The number of amides is 2. The standard InChI is InChI=1S/C31H38N4O2/c1-2-3-4-5-6-7-14-30(36)34-27-15-16-29(35-19-17-25-12-8-9-13-26(25)23-35)28(20-27)31(37)33-22-24-11-10-18-32-21-24/h8-13,15-16,18,20-21H,2-7,14,17,19,22-23H2,1H3,(H,33,37)(H,34,36). The van der Waals surface area contributed by atoms with E-state index in [1.54, 1.807) is 12.4 Å². The van der Waals surface area contributed by atoms with Crippen molar-refractivity contribution in [1.82, 2.24) is 10.3 Å². The van der Waals surface area contributed by atoms with Crippen LogP contribution in [0.3, 0.4) is 0 Å². The summed E-state index contributed by atoms with van der Waals surface area (Å²) >= 11 is 0. The Morgan fingerprint density at radius 1 is 0.946 bits per heavy atom. The summed E-state index contributed by atoms with van der Waals surface area (Å²) in [6.07, 6.45) is 11.8. The van der Waals surface area contributed by atoms with Gasteiger partial charge >= 0.3 is 0 Å². The summed E-state index contributed by atoms with van der Waals surface area (Å²) in [6, 6.07) is 18.0. The summed E-state index contributed by atoms with van der Waals surface area (Å²) in [4.78, 5) is 32.4. The van der Waals surface area contributed by atoms with Gasteiger partial charge < -0.3 is 15.5 Å². The molecule has 2 aromatic carbocycles. The van der Waals surface area contributed by atoms with Crippen molar-refractivity contribution in [2.24, 2.45) is 0 Å². The van der Waals surface area contributed by atoms with Gasteiger partial charge in [0, 0.05) is 49.8 Å². The van der Waals surface area contributed by atoms with Gasteiger partial charge in [0.1, 0.15) is 0 Å². The van der Waals surface area contributed by atoms with E-state index in [2.05, 4.69) is 51.7 Å².